The molecular weight excluding hydrogens is 403 g/mol. The molecule has 0 radical (unpaired) electrons. The molecule has 1 aliphatic rings. The van der Waals surface area contributed by atoms with Crippen LogP contribution in [0.3, 0.4) is 0 Å². The van der Waals surface area contributed by atoms with Crippen molar-refractivity contribution in [1.82, 2.24) is 5.32 Å². The molecule has 148 valence electrons. The van der Waals surface area contributed by atoms with Crippen molar-refractivity contribution in [2.45, 2.75) is 31.9 Å². The van der Waals surface area contributed by atoms with Crippen LogP contribution in [0, 0.1) is 0 Å². The summed E-state index contributed by atoms with van der Waals surface area (Å²) in [5.74, 6) is -1.44. The number of carboxylic acid groups (broad SMARTS) is 1. The quantitative estimate of drug-likeness (QED) is 0.588. The summed E-state index contributed by atoms with van der Waals surface area (Å²) in [4.78, 5) is 22.5. The highest BCUT2D eigenvalue weighted by atomic mass is 35.5. The van der Waals surface area contributed by atoms with Gasteiger partial charge in [-0.15, -0.1) is 0 Å². The summed E-state index contributed by atoms with van der Waals surface area (Å²) in [5, 5.41) is 14.7. The Labute approximate surface area is 172 Å². The van der Waals surface area contributed by atoms with Gasteiger partial charge in [0.15, 0.2) is 5.75 Å². The second-order valence-electron chi connectivity index (χ2n) is 6.61. The molecule has 1 fully saturated rings. The van der Waals surface area contributed by atoms with E-state index in [-0.39, 0.29) is 28.0 Å². The van der Waals surface area contributed by atoms with E-state index in [1.54, 1.807) is 0 Å². The lowest BCUT2D eigenvalue weighted by atomic mass is 9.93. The lowest BCUT2D eigenvalue weighted by Crippen LogP contribution is -2.29. The Morgan fingerprint density at radius 1 is 1.14 bits per heavy atom. The fourth-order valence-corrected chi connectivity index (χ4v) is 3.38. The molecule has 0 saturated heterocycles. The van der Waals surface area contributed by atoms with Crippen molar-refractivity contribution in [2.24, 2.45) is 0 Å². The predicted octanol–water partition coefficient (Wildman–Crippen LogP) is 4.35. The first-order valence-corrected chi connectivity index (χ1v) is 9.65. The number of carbonyl (C=O) groups excluding carboxylic acids is 1. The zero-order valence-electron chi connectivity index (χ0n) is 15.0. The highest BCUT2D eigenvalue weighted by Gasteiger charge is 2.17. The van der Waals surface area contributed by atoms with Crippen molar-refractivity contribution in [3.63, 3.8) is 0 Å². The van der Waals surface area contributed by atoms with E-state index in [9.17, 15) is 9.59 Å². The predicted molar refractivity (Wildman–Crippen MR) is 108 cm³/mol. The number of hydrogen-bond acceptors (Lipinski definition) is 4. The van der Waals surface area contributed by atoms with Gasteiger partial charge < -0.3 is 20.5 Å². The van der Waals surface area contributed by atoms with Crippen LogP contribution in [0.15, 0.2) is 36.4 Å². The Morgan fingerprint density at radius 2 is 1.86 bits per heavy atom. The second kappa shape index (κ2) is 9.17. The maximum Gasteiger partial charge on any atom is 0.322 e. The van der Waals surface area contributed by atoms with Crippen LogP contribution in [0.5, 0.6) is 5.75 Å². The molecule has 28 heavy (non-hydrogen) atoms. The number of aliphatic carboxylic acids is 1. The molecule has 1 aliphatic carbocycles. The Kier molecular flexibility index (Phi) is 6.65. The SMILES string of the molecule is O=C(O)CNC(=O)c1cc(Cl)c(OCc2cccc(NC3CCC3)c2)c(Cl)c1. The third-order valence-electron chi connectivity index (χ3n) is 4.45. The number of carboxylic acids is 1. The van der Waals surface area contributed by atoms with Crippen LogP contribution >= 0.6 is 23.2 Å². The zero-order valence-corrected chi connectivity index (χ0v) is 16.5. The molecule has 0 spiro atoms. The maximum atomic E-state index is 12.0. The molecule has 3 rings (SSSR count). The zero-order chi connectivity index (χ0) is 20.1. The first-order chi connectivity index (χ1) is 13.4. The molecule has 0 bridgehead atoms. The molecule has 0 unspecified atom stereocenters. The van der Waals surface area contributed by atoms with E-state index >= 15 is 0 Å². The van der Waals surface area contributed by atoms with Crippen LogP contribution in [0.2, 0.25) is 10.0 Å². The van der Waals surface area contributed by atoms with Gasteiger partial charge in [0.05, 0.1) is 10.0 Å². The fraction of sp³-hybridized carbons (Fsp3) is 0.300. The first-order valence-electron chi connectivity index (χ1n) is 8.89. The molecule has 0 heterocycles. The van der Waals surface area contributed by atoms with Crippen LogP contribution in [-0.2, 0) is 11.4 Å². The van der Waals surface area contributed by atoms with Crippen LogP contribution in [0.4, 0.5) is 5.69 Å². The number of amides is 1. The van der Waals surface area contributed by atoms with E-state index in [1.165, 1.54) is 31.4 Å². The van der Waals surface area contributed by atoms with Gasteiger partial charge in [0.2, 0.25) is 0 Å². The Bertz CT molecular complexity index is 861. The molecule has 1 saturated carbocycles. The van der Waals surface area contributed by atoms with Gasteiger partial charge in [-0.25, -0.2) is 0 Å². The number of nitrogens with one attached hydrogen (secondary N) is 2. The molecule has 0 atom stereocenters. The van der Waals surface area contributed by atoms with Gasteiger partial charge in [-0.05, 0) is 49.1 Å². The van der Waals surface area contributed by atoms with Crippen molar-refractivity contribution in [3.8, 4) is 5.75 Å². The van der Waals surface area contributed by atoms with Gasteiger partial charge >= 0.3 is 5.97 Å². The second-order valence-corrected chi connectivity index (χ2v) is 7.42. The lowest BCUT2D eigenvalue weighted by Gasteiger charge is -2.27. The lowest BCUT2D eigenvalue weighted by molar-refractivity contribution is -0.135. The number of hydrogen-bond donors (Lipinski definition) is 3. The highest BCUT2D eigenvalue weighted by Crippen LogP contribution is 2.35. The van der Waals surface area contributed by atoms with Crippen molar-refractivity contribution in [1.29, 1.82) is 0 Å². The first kappa shape index (κ1) is 20.3. The summed E-state index contributed by atoms with van der Waals surface area (Å²) in [7, 11) is 0. The minimum atomic E-state index is -1.14. The maximum absolute atomic E-state index is 12.0. The summed E-state index contributed by atoms with van der Waals surface area (Å²) in [6.07, 6.45) is 3.65. The summed E-state index contributed by atoms with van der Waals surface area (Å²) >= 11 is 12.4. The van der Waals surface area contributed by atoms with Gasteiger partial charge in [0, 0.05) is 17.3 Å². The molecule has 2 aromatic rings. The van der Waals surface area contributed by atoms with Crippen LogP contribution in [0.1, 0.15) is 35.2 Å². The molecule has 6 nitrogen and oxygen atoms in total. The van der Waals surface area contributed by atoms with E-state index < -0.39 is 18.4 Å². The highest BCUT2D eigenvalue weighted by molar-refractivity contribution is 6.37. The van der Waals surface area contributed by atoms with E-state index in [0.717, 1.165) is 11.3 Å². The van der Waals surface area contributed by atoms with Crippen LogP contribution in [0.25, 0.3) is 0 Å². The van der Waals surface area contributed by atoms with E-state index in [4.69, 9.17) is 33.0 Å². The average Bonchev–Trinajstić information content (AvgIpc) is 2.62. The number of benzene rings is 2. The van der Waals surface area contributed by atoms with Crippen LogP contribution < -0.4 is 15.4 Å². The van der Waals surface area contributed by atoms with Gasteiger partial charge in [-0.1, -0.05) is 35.3 Å². The normalized spacial score (nSPS) is 13.5. The molecule has 1 amide bonds. The number of anilines is 1. The summed E-state index contributed by atoms with van der Waals surface area (Å²) < 4.78 is 5.77. The van der Waals surface area contributed by atoms with E-state index in [1.807, 2.05) is 24.3 Å². The van der Waals surface area contributed by atoms with Crippen molar-refractivity contribution >= 4 is 40.8 Å². The third-order valence-corrected chi connectivity index (χ3v) is 5.01. The Balaban J connectivity index is 1.65. The van der Waals surface area contributed by atoms with E-state index in [0.29, 0.717) is 6.04 Å². The fourth-order valence-electron chi connectivity index (χ4n) is 2.78. The molecule has 2 aromatic carbocycles. The average molecular weight is 423 g/mol. The molecular formula is C20H20Cl2N2O4. The number of carbonyl (C=O) groups is 2. The smallest absolute Gasteiger partial charge is 0.322 e. The molecule has 3 N–H and O–H groups in total. The third kappa shape index (κ3) is 5.30. The monoisotopic (exact) mass is 422 g/mol. The summed E-state index contributed by atoms with van der Waals surface area (Å²) in [6, 6.07) is 11.3. The van der Waals surface area contributed by atoms with Crippen molar-refractivity contribution in [3.05, 3.63) is 57.6 Å². The van der Waals surface area contributed by atoms with Gasteiger partial charge in [0.25, 0.3) is 5.91 Å². The minimum absolute atomic E-state index is 0.162. The molecule has 0 aliphatic heterocycles. The van der Waals surface area contributed by atoms with Crippen molar-refractivity contribution in [2.75, 3.05) is 11.9 Å². The minimum Gasteiger partial charge on any atom is -0.486 e. The van der Waals surface area contributed by atoms with E-state index in [2.05, 4.69) is 10.6 Å². The molecule has 0 aromatic heterocycles. The largest absolute Gasteiger partial charge is 0.486 e. The Hall–Kier alpha value is -2.44. The van der Waals surface area contributed by atoms with Gasteiger partial charge in [0.1, 0.15) is 13.2 Å². The topological polar surface area (TPSA) is 87.7 Å². The van der Waals surface area contributed by atoms with Crippen molar-refractivity contribution < 1.29 is 19.4 Å². The number of rotatable bonds is 8. The standard InChI is InChI=1S/C20H20Cl2N2O4/c21-16-8-13(20(27)23-10-18(25)26)9-17(22)19(16)28-11-12-3-1-6-15(7-12)24-14-4-2-5-14/h1,3,6-9,14,24H,2,4-5,10-11H2,(H,23,27)(H,25,26). The summed E-state index contributed by atoms with van der Waals surface area (Å²) in [5.41, 5.74) is 2.17. The number of halogens is 2. The summed E-state index contributed by atoms with van der Waals surface area (Å²) in [6.45, 7) is -0.220. The molecule has 8 heteroatoms. The van der Waals surface area contributed by atoms with Gasteiger partial charge in [-0.3, -0.25) is 9.59 Å². The Morgan fingerprint density at radius 3 is 2.46 bits per heavy atom. The van der Waals surface area contributed by atoms with Crippen LogP contribution in [-0.4, -0.2) is 29.6 Å². The number of ether oxygens (including phenoxy) is 1. The van der Waals surface area contributed by atoms with Gasteiger partial charge in [-0.2, -0.15) is 0 Å².